The summed E-state index contributed by atoms with van der Waals surface area (Å²) in [5.41, 5.74) is 3.11. The predicted octanol–water partition coefficient (Wildman–Crippen LogP) is 1.17. The van der Waals surface area contributed by atoms with Gasteiger partial charge in [-0.2, -0.15) is 11.3 Å². The van der Waals surface area contributed by atoms with E-state index in [-0.39, 0.29) is 18.4 Å². The van der Waals surface area contributed by atoms with E-state index in [0.29, 0.717) is 6.54 Å². The Kier molecular flexibility index (Phi) is 6.52. The Balaban J connectivity index is 1.77. The van der Waals surface area contributed by atoms with Gasteiger partial charge in [-0.05, 0) is 35.9 Å². The van der Waals surface area contributed by atoms with Crippen LogP contribution in [0.25, 0.3) is 0 Å². The van der Waals surface area contributed by atoms with Crippen molar-refractivity contribution in [3.63, 3.8) is 0 Å². The molecule has 1 heterocycles. The normalized spacial score (nSPS) is 11.8. The van der Waals surface area contributed by atoms with Gasteiger partial charge in [0.05, 0.1) is 13.6 Å². The van der Waals surface area contributed by atoms with Crippen molar-refractivity contribution in [1.82, 2.24) is 4.90 Å². The molecule has 6 heteroatoms. The first kappa shape index (κ1) is 18.2. The van der Waals surface area contributed by atoms with Gasteiger partial charge in [0.1, 0.15) is 6.54 Å². The monoisotopic (exact) mass is 346 g/mol. The van der Waals surface area contributed by atoms with Crippen molar-refractivity contribution < 1.29 is 14.5 Å². The van der Waals surface area contributed by atoms with Gasteiger partial charge in [-0.1, -0.05) is 17.7 Å². The van der Waals surface area contributed by atoms with Crippen molar-refractivity contribution in [2.75, 3.05) is 32.5 Å². The number of likely N-dealkylation sites (N-methyl/N-ethyl adjacent to an activating group) is 2. The van der Waals surface area contributed by atoms with Crippen molar-refractivity contribution >= 4 is 28.8 Å². The Bertz CT molecular complexity index is 668. The van der Waals surface area contributed by atoms with Gasteiger partial charge < -0.3 is 15.1 Å². The van der Waals surface area contributed by atoms with Crippen molar-refractivity contribution in [3.05, 3.63) is 52.2 Å². The van der Waals surface area contributed by atoms with Crippen molar-refractivity contribution in [2.45, 2.75) is 13.5 Å². The van der Waals surface area contributed by atoms with E-state index >= 15 is 0 Å². The smallest absolute Gasteiger partial charge is 0.277 e. The SMILES string of the molecule is Cc1ccc(NC(=O)CN(C)C(=O)C[NH+](C)Cc2ccsc2)cc1. The van der Waals surface area contributed by atoms with Crippen molar-refractivity contribution in [1.29, 1.82) is 0 Å². The second kappa shape index (κ2) is 8.61. The lowest BCUT2D eigenvalue weighted by Crippen LogP contribution is -3.08. The number of nitrogens with zero attached hydrogens (tertiary/aromatic N) is 1. The molecule has 2 amide bonds. The van der Waals surface area contributed by atoms with Crippen LogP contribution in [0.3, 0.4) is 0 Å². The number of nitrogens with one attached hydrogen (secondary N) is 2. The van der Waals surface area contributed by atoms with E-state index in [2.05, 4.69) is 16.8 Å². The average molecular weight is 346 g/mol. The number of aryl methyl sites for hydroxylation is 1. The highest BCUT2D eigenvalue weighted by Crippen LogP contribution is 2.08. The highest BCUT2D eigenvalue weighted by atomic mass is 32.1. The quantitative estimate of drug-likeness (QED) is 0.791. The minimum Gasteiger partial charge on any atom is -0.332 e. The maximum absolute atomic E-state index is 12.2. The molecule has 24 heavy (non-hydrogen) atoms. The van der Waals surface area contributed by atoms with Crippen molar-refractivity contribution in [3.8, 4) is 0 Å². The molecule has 128 valence electrons. The Morgan fingerprint density at radius 1 is 1.21 bits per heavy atom. The highest BCUT2D eigenvalue weighted by molar-refractivity contribution is 7.07. The number of thiophene rings is 1. The Hall–Kier alpha value is -2.18. The van der Waals surface area contributed by atoms with E-state index in [1.807, 2.05) is 43.6 Å². The molecule has 1 atom stereocenters. The molecule has 1 aromatic carbocycles. The van der Waals surface area contributed by atoms with Gasteiger partial charge >= 0.3 is 0 Å². The van der Waals surface area contributed by atoms with E-state index in [9.17, 15) is 9.59 Å². The molecule has 0 saturated heterocycles. The molecule has 5 nitrogen and oxygen atoms in total. The number of carbonyl (C=O) groups excluding carboxylic acids is 2. The summed E-state index contributed by atoms with van der Waals surface area (Å²) < 4.78 is 0. The first-order valence-electron chi connectivity index (χ1n) is 7.87. The second-order valence-electron chi connectivity index (χ2n) is 6.11. The van der Waals surface area contributed by atoms with Crippen LogP contribution >= 0.6 is 11.3 Å². The van der Waals surface area contributed by atoms with E-state index in [4.69, 9.17) is 0 Å². The molecule has 0 fully saturated rings. The van der Waals surface area contributed by atoms with Gasteiger partial charge in [0, 0.05) is 18.3 Å². The summed E-state index contributed by atoms with van der Waals surface area (Å²) in [7, 11) is 3.64. The lowest BCUT2D eigenvalue weighted by Gasteiger charge is -2.19. The molecule has 1 unspecified atom stereocenters. The van der Waals surface area contributed by atoms with Gasteiger partial charge in [-0.15, -0.1) is 0 Å². The van der Waals surface area contributed by atoms with Crippen LogP contribution < -0.4 is 10.2 Å². The fourth-order valence-electron chi connectivity index (χ4n) is 2.34. The van der Waals surface area contributed by atoms with Crippen LogP contribution in [0.1, 0.15) is 11.1 Å². The Labute approximate surface area is 146 Å². The number of carbonyl (C=O) groups is 2. The van der Waals surface area contributed by atoms with E-state index < -0.39 is 0 Å². The first-order chi connectivity index (χ1) is 11.4. The summed E-state index contributed by atoms with van der Waals surface area (Å²) in [6, 6.07) is 9.65. The maximum atomic E-state index is 12.2. The number of anilines is 1. The zero-order valence-corrected chi connectivity index (χ0v) is 15.2. The second-order valence-corrected chi connectivity index (χ2v) is 6.89. The third-order valence-corrected chi connectivity index (χ3v) is 4.41. The Morgan fingerprint density at radius 2 is 1.92 bits per heavy atom. The summed E-state index contributed by atoms with van der Waals surface area (Å²) in [6.07, 6.45) is 0. The minimum atomic E-state index is -0.190. The third-order valence-electron chi connectivity index (χ3n) is 3.68. The van der Waals surface area contributed by atoms with E-state index in [0.717, 1.165) is 22.7 Å². The third kappa shape index (κ3) is 5.79. The molecule has 0 radical (unpaired) electrons. The summed E-state index contributed by atoms with van der Waals surface area (Å²) in [4.78, 5) is 26.9. The molecular weight excluding hydrogens is 322 g/mol. The molecular formula is C18H24N3O2S+. The molecule has 0 bridgehead atoms. The van der Waals surface area contributed by atoms with Crippen molar-refractivity contribution in [2.24, 2.45) is 0 Å². The largest absolute Gasteiger partial charge is 0.332 e. The van der Waals surface area contributed by atoms with Crippen LogP contribution in [0.5, 0.6) is 0 Å². The topological polar surface area (TPSA) is 53.9 Å². The molecule has 0 aliphatic heterocycles. The number of hydrogen-bond donors (Lipinski definition) is 2. The number of hydrogen-bond acceptors (Lipinski definition) is 3. The van der Waals surface area contributed by atoms with Crippen LogP contribution in [-0.4, -0.2) is 43.9 Å². The lowest BCUT2D eigenvalue weighted by atomic mass is 10.2. The fraction of sp³-hybridized carbons (Fsp3) is 0.333. The first-order valence-corrected chi connectivity index (χ1v) is 8.81. The lowest BCUT2D eigenvalue weighted by molar-refractivity contribution is -0.885. The maximum Gasteiger partial charge on any atom is 0.277 e. The molecule has 2 aromatic rings. The zero-order valence-electron chi connectivity index (χ0n) is 14.3. The number of rotatable bonds is 7. The fourth-order valence-corrected chi connectivity index (χ4v) is 3.01. The summed E-state index contributed by atoms with van der Waals surface area (Å²) in [6.45, 7) is 3.22. The van der Waals surface area contributed by atoms with Crippen LogP contribution in [0.4, 0.5) is 5.69 Å². The van der Waals surface area contributed by atoms with Crippen LogP contribution in [0, 0.1) is 6.92 Å². The summed E-state index contributed by atoms with van der Waals surface area (Å²) in [5.74, 6) is -0.230. The standard InChI is InChI=1S/C18H23N3O2S/c1-14-4-6-16(7-5-14)19-17(22)11-21(3)18(23)12-20(2)10-15-8-9-24-13-15/h4-9,13H,10-12H2,1-3H3,(H,19,22)/p+1. The van der Waals surface area contributed by atoms with Crippen LogP contribution in [-0.2, 0) is 16.1 Å². The number of quaternary nitrogens is 1. The number of amides is 2. The van der Waals surface area contributed by atoms with Gasteiger partial charge in [-0.3, -0.25) is 9.59 Å². The molecule has 0 spiro atoms. The minimum absolute atomic E-state index is 0.0400. The van der Waals surface area contributed by atoms with Gasteiger partial charge in [-0.25, -0.2) is 0 Å². The Morgan fingerprint density at radius 3 is 2.54 bits per heavy atom. The molecule has 2 N–H and O–H groups in total. The summed E-state index contributed by atoms with van der Waals surface area (Å²) in [5, 5.41) is 6.93. The van der Waals surface area contributed by atoms with Gasteiger partial charge in [0.2, 0.25) is 5.91 Å². The van der Waals surface area contributed by atoms with Gasteiger partial charge in [0.15, 0.2) is 6.54 Å². The average Bonchev–Trinajstić information content (AvgIpc) is 3.02. The molecule has 1 aromatic heterocycles. The number of benzene rings is 1. The zero-order chi connectivity index (χ0) is 17.5. The van der Waals surface area contributed by atoms with Crippen LogP contribution in [0.2, 0.25) is 0 Å². The summed E-state index contributed by atoms with van der Waals surface area (Å²) >= 11 is 1.66. The molecule has 0 aliphatic rings. The highest BCUT2D eigenvalue weighted by Gasteiger charge is 2.17. The van der Waals surface area contributed by atoms with Gasteiger partial charge in [0.25, 0.3) is 5.91 Å². The predicted molar refractivity (Wildman–Crippen MR) is 97.2 cm³/mol. The molecule has 2 rings (SSSR count). The molecule has 0 saturated carbocycles. The van der Waals surface area contributed by atoms with Crippen LogP contribution in [0.15, 0.2) is 41.1 Å². The van der Waals surface area contributed by atoms with E-state index in [1.165, 1.54) is 10.5 Å². The molecule has 0 aliphatic carbocycles. The van der Waals surface area contributed by atoms with E-state index in [1.54, 1.807) is 18.4 Å².